The van der Waals surface area contributed by atoms with E-state index in [1.165, 1.54) is 0 Å². The summed E-state index contributed by atoms with van der Waals surface area (Å²) in [5, 5.41) is 14.5. The summed E-state index contributed by atoms with van der Waals surface area (Å²) in [5.41, 5.74) is 3.72. The maximum Gasteiger partial charge on any atom is 0.356 e. The Morgan fingerprint density at radius 1 is 1.14 bits per heavy atom. The minimum absolute atomic E-state index is 0.0216. The summed E-state index contributed by atoms with van der Waals surface area (Å²) in [4.78, 5) is 26.3. The molecule has 0 atom stereocenters. The Morgan fingerprint density at radius 3 is 2.57 bits per heavy atom. The molecule has 0 bridgehead atoms. The second-order valence-electron chi connectivity index (χ2n) is 6.81. The number of aromatic carboxylic acids is 1. The van der Waals surface area contributed by atoms with E-state index in [0.29, 0.717) is 29.1 Å². The number of hydrogen-bond acceptors (Lipinski definition) is 3. The van der Waals surface area contributed by atoms with Crippen molar-refractivity contribution in [3.8, 4) is 5.69 Å². The van der Waals surface area contributed by atoms with Crippen molar-refractivity contribution in [3.63, 3.8) is 0 Å². The Kier molecular flexibility index (Phi) is 4.65. The minimum atomic E-state index is -1.10. The van der Waals surface area contributed by atoms with E-state index in [1.807, 2.05) is 25.1 Å². The van der Waals surface area contributed by atoms with Crippen LogP contribution in [-0.2, 0) is 13.0 Å². The van der Waals surface area contributed by atoms with Crippen LogP contribution < -0.4 is 0 Å². The van der Waals surface area contributed by atoms with E-state index < -0.39 is 5.97 Å². The summed E-state index contributed by atoms with van der Waals surface area (Å²) < 4.78 is 1.64. The van der Waals surface area contributed by atoms with Gasteiger partial charge in [0.15, 0.2) is 5.69 Å². The van der Waals surface area contributed by atoms with Gasteiger partial charge in [-0.05, 0) is 43.3 Å². The van der Waals surface area contributed by atoms with Crippen molar-refractivity contribution in [2.75, 3.05) is 6.54 Å². The van der Waals surface area contributed by atoms with Crippen molar-refractivity contribution in [1.29, 1.82) is 0 Å². The molecule has 1 aliphatic rings. The predicted molar refractivity (Wildman–Crippen MR) is 105 cm³/mol. The number of carboxylic acids is 1. The highest BCUT2D eigenvalue weighted by Crippen LogP contribution is 2.27. The number of halogens is 1. The molecule has 2 heterocycles. The van der Waals surface area contributed by atoms with Crippen molar-refractivity contribution >= 4 is 23.5 Å². The molecular weight excluding hydrogens is 378 g/mol. The highest BCUT2D eigenvalue weighted by Gasteiger charge is 2.30. The van der Waals surface area contributed by atoms with Crippen molar-refractivity contribution in [3.05, 3.63) is 81.6 Å². The number of hydrogen-bond donors (Lipinski definition) is 1. The molecule has 1 N–H and O–H groups in total. The first-order chi connectivity index (χ1) is 13.4. The number of carboxylic acid groups (broad SMARTS) is 1. The number of carbonyl (C=O) groups is 2. The third-order valence-corrected chi connectivity index (χ3v) is 5.14. The quantitative estimate of drug-likeness (QED) is 0.733. The third kappa shape index (κ3) is 3.27. The van der Waals surface area contributed by atoms with Crippen molar-refractivity contribution in [2.24, 2.45) is 0 Å². The Bertz CT molecular complexity index is 1070. The van der Waals surface area contributed by atoms with Gasteiger partial charge in [-0.25, -0.2) is 9.48 Å². The molecule has 0 saturated heterocycles. The van der Waals surface area contributed by atoms with Gasteiger partial charge in [0.2, 0.25) is 0 Å². The smallest absolute Gasteiger partial charge is 0.356 e. The van der Waals surface area contributed by atoms with Gasteiger partial charge in [0.05, 0.1) is 17.9 Å². The fourth-order valence-electron chi connectivity index (χ4n) is 3.52. The molecular formula is C21H18ClN3O3. The van der Waals surface area contributed by atoms with Crippen molar-refractivity contribution in [1.82, 2.24) is 14.7 Å². The van der Waals surface area contributed by atoms with Crippen LogP contribution in [0.3, 0.4) is 0 Å². The SMILES string of the molecule is Cc1cccc(C(=O)N2CCc3c(c(C(=O)O)nn3-c3ccc(Cl)cc3)C2)c1. The van der Waals surface area contributed by atoms with Crippen LogP contribution in [0.4, 0.5) is 0 Å². The van der Waals surface area contributed by atoms with Crippen LogP contribution in [0, 0.1) is 6.92 Å². The van der Waals surface area contributed by atoms with Crippen LogP contribution in [-0.4, -0.2) is 38.2 Å². The molecule has 3 aromatic rings. The molecule has 0 spiro atoms. The maximum absolute atomic E-state index is 12.9. The molecule has 0 radical (unpaired) electrons. The van der Waals surface area contributed by atoms with Gasteiger partial charge in [-0.3, -0.25) is 4.79 Å². The van der Waals surface area contributed by atoms with E-state index in [9.17, 15) is 14.7 Å². The number of fused-ring (bicyclic) bond motifs is 1. The second kappa shape index (κ2) is 7.13. The molecule has 1 aromatic heterocycles. The van der Waals surface area contributed by atoms with Gasteiger partial charge in [0.25, 0.3) is 5.91 Å². The molecule has 0 aliphatic carbocycles. The van der Waals surface area contributed by atoms with Crippen LogP contribution in [0.25, 0.3) is 5.69 Å². The van der Waals surface area contributed by atoms with Gasteiger partial charge >= 0.3 is 5.97 Å². The summed E-state index contributed by atoms with van der Waals surface area (Å²) in [6.07, 6.45) is 0.524. The van der Waals surface area contributed by atoms with Gasteiger partial charge in [-0.15, -0.1) is 0 Å². The van der Waals surface area contributed by atoms with Gasteiger partial charge in [-0.1, -0.05) is 29.3 Å². The standard InChI is InChI=1S/C21H18ClN3O3/c1-13-3-2-4-14(11-13)20(26)24-10-9-18-17(12-24)19(21(27)28)23-25(18)16-7-5-15(22)6-8-16/h2-8,11H,9-10,12H2,1H3,(H,27,28). The average molecular weight is 396 g/mol. The lowest BCUT2D eigenvalue weighted by Crippen LogP contribution is -2.36. The summed E-state index contributed by atoms with van der Waals surface area (Å²) in [6.45, 7) is 2.65. The molecule has 0 fully saturated rings. The predicted octanol–water partition coefficient (Wildman–Crippen LogP) is 3.73. The fraction of sp³-hybridized carbons (Fsp3) is 0.190. The molecule has 0 unspecified atom stereocenters. The van der Waals surface area contributed by atoms with E-state index in [2.05, 4.69) is 5.10 Å². The lowest BCUT2D eigenvalue weighted by molar-refractivity contribution is 0.0674. The van der Waals surface area contributed by atoms with E-state index in [1.54, 1.807) is 39.9 Å². The average Bonchev–Trinajstić information content (AvgIpc) is 3.07. The Labute approximate surface area is 167 Å². The topological polar surface area (TPSA) is 75.4 Å². The van der Waals surface area contributed by atoms with Gasteiger partial charge < -0.3 is 10.0 Å². The number of nitrogens with zero attached hydrogens (tertiary/aromatic N) is 3. The maximum atomic E-state index is 12.9. The zero-order valence-electron chi connectivity index (χ0n) is 15.2. The van der Waals surface area contributed by atoms with Gasteiger partial charge in [0, 0.05) is 29.1 Å². The largest absolute Gasteiger partial charge is 0.476 e. The monoisotopic (exact) mass is 395 g/mol. The molecule has 142 valence electrons. The molecule has 6 nitrogen and oxygen atoms in total. The first-order valence-corrected chi connectivity index (χ1v) is 9.28. The molecule has 1 amide bonds. The molecule has 2 aromatic carbocycles. The summed E-state index contributed by atoms with van der Waals surface area (Å²) in [5.74, 6) is -1.21. The lowest BCUT2D eigenvalue weighted by atomic mass is 10.0. The fourth-order valence-corrected chi connectivity index (χ4v) is 3.65. The van der Waals surface area contributed by atoms with Gasteiger partial charge in [-0.2, -0.15) is 5.10 Å². The van der Waals surface area contributed by atoms with E-state index in [-0.39, 0.29) is 18.1 Å². The number of benzene rings is 2. The number of carbonyl (C=O) groups excluding carboxylic acids is 1. The first kappa shape index (κ1) is 18.3. The normalized spacial score (nSPS) is 13.3. The second-order valence-corrected chi connectivity index (χ2v) is 7.25. The highest BCUT2D eigenvalue weighted by atomic mass is 35.5. The minimum Gasteiger partial charge on any atom is -0.476 e. The Hall–Kier alpha value is -3.12. The highest BCUT2D eigenvalue weighted by molar-refractivity contribution is 6.30. The van der Waals surface area contributed by atoms with Crippen molar-refractivity contribution in [2.45, 2.75) is 19.9 Å². The van der Waals surface area contributed by atoms with Gasteiger partial charge in [0.1, 0.15) is 0 Å². The summed E-state index contributed by atoms with van der Waals surface area (Å²) >= 11 is 5.95. The summed E-state index contributed by atoms with van der Waals surface area (Å²) in [6, 6.07) is 14.5. The van der Waals surface area contributed by atoms with E-state index in [0.717, 1.165) is 16.9 Å². The zero-order chi connectivity index (χ0) is 19.8. The van der Waals surface area contributed by atoms with Crippen LogP contribution in [0.2, 0.25) is 5.02 Å². The Balaban J connectivity index is 1.71. The Morgan fingerprint density at radius 2 is 1.89 bits per heavy atom. The number of aromatic nitrogens is 2. The summed E-state index contributed by atoms with van der Waals surface area (Å²) in [7, 11) is 0. The zero-order valence-corrected chi connectivity index (χ0v) is 16.0. The van der Waals surface area contributed by atoms with E-state index >= 15 is 0 Å². The van der Waals surface area contributed by atoms with Crippen LogP contribution in [0.15, 0.2) is 48.5 Å². The molecule has 28 heavy (non-hydrogen) atoms. The number of amides is 1. The molecule has 7 heteroatoms. The van der Waals surface area contributed by atoms with Crippen LogP contribution in [0.5, 0.6) is 0 Å². The molecule has 4 rings (SSSR count). The lowest BCUT2D eigenvalue weighted by Gasteiger charge is -2.28. The number of aryl methyl sites for hydroxylation is 1. The van der Waals surface area contributed by atoms with Crippen molar-refractivity contribution < 1.29 is 14.7 Å². The third-order valence-electron chi connectivity index (χ3n) is 4.88. The van der Waals surface area contributed by atoms with E-state index in [4.69, 9.17) is 11.6 Å². The molecule has 1 aliphatic heterocycles. The van der Waals surface area contributed by atoms with Crippen LogP contribution in [0.1, 0.15) is 37.7 Å². The van der Waals surface area contributed by atoms with Crippen LogP contribution >= 0.6 is 11.6 Å². The number of rotatable bonds is 3. The first-order valence-electron chi connectivity index (χ1n) is 8.90. The molecule has 0 saturated carbocycles.